The van der Waals surface area contributed by atoms with E-state index in [0.717, 1.165) is 6.07 Å². The van der Waals surface area contributed by atoms with Gasteiger partial charge in [0.25, 0.3) is 0 Å². The second-order valence-electron chi connectivity index (χ2n) is 4.71. The van der Waals surface area contributed by atoms with E-state index in [4.69, 9.17) is 11.6 Å². The van der Waals surface area contributed by atoms with Crippen LogP contribution in [0.4, 0.5) is 10.1 Å². The largest absolute Gasteiger partial charge is 0.325 e. The van der Waals surface area contributed by atoms with Crippen molar-refractivity contribution in [3.05, 3.63) is 40.9 Å². The molecule has 2 N–H and O–H groups in total. The number of sulfonamides is 1. The number of benzene rings is 1. The van der Waals surface area contributed by atoms with Crippen LogP contribution >= 0.6 is 11.6 Å². The van der Waals surface area contributed by atoms with Gasteiger partial charge in [-0.1, -0.05) is 17.7 Å². The van der Waals surface area contributed by atoms with Crippen molar-refractivity contribution in [2.45, 2.75) is 11.8 Å². The fraction of sp³-hybridized carbons (Fsp3) is 0.231. The predicted molar refractivity (Wildman–Crippen MR) is 83.2 cm³/mol. The quantitative estimate of drug-likeness (QED) is 0.843. The summed E-state index contributed by atoms with van der Waals surface area (Å²) in [6.45, 7) is 0.969. The molecule has 0 aliphatic heterocycles. The van der Waals surface area contributed by atoms with Gasteiger partial charge >= 0.3 is 0 Å². The Morgan fingerprint density at radius 1 is 1.43 bits per heavy atom. The van der Waals surface area contributed by atoms with Crippen LogP contribution in [-0.4, -0.2) is 30.7 Å². The average Bonchev–Trinajstić information content (AvgIpc) is 2.70. The number of anilines is 1. The number of halogens is 2. The Hall–Kier alpha value is -1.97. The highest BCUT2D eigenvalue weighted by molar-refractivity contribution is 7.89. The van der Waals surface area contributed by atoms with Gasteiger partial charge < -0.3 is 5.32 Å². The van der Waals surface area contributed by atoms with E-state index in [-0.39, 0.29) is 21.4 Å². The Balaban J connectivity index is 2.06. The molecule has 0 radical (unpaired) electrons. The lowest BCUT2D eigenvalue weighted by molar-refractivity contribution is -0.115. The standard InChI is InChI=1S/C13H14ClFN4O3S/c1-8-12(13(14)19(2)18-8)23(21,22)16-7-11(20)17-10-5-3-4-9(15)6-10/h3-6,16H,7H2,1-2H3,(H,17,20). The van der Waals surface area contributed by atoms with Crippen molar-refractivity contribution in [3.63, 3.8) is 0 Å². The maximum atomic E-state index is 13.0. The van der Waals surface area contributed by atoms with Gasteiger partial charge in [0.1, 0.15) is 15.9 Å². The molecular weight excluding hydrogens is 347 g/mol. The van der Waals surface area contributed by atoms with E-state index in [1.165, 1.54) is 36.9 Å². The molecular formula is C13H14ClFN4O3S. The summed E-state index contributed by atoms with van der Waals surface area (Å²) in [5.41, 5.74) is 0.445. The van der Waals surface area contributed by atoms with Crippen molar-refractivity contribution in [1.29, 1.82) is 0 Å². The number of aromatic nitrogens is 2. The van der Waals surface area contributed by atoms with Crippen LogP contribution in [-0.2, 0) is 21.9 Å². The van der Waals surface area contributed by atoms with Crippen molar-refractivity contribution in [1.82, 2.24) is 14.5 Å². The highest BCUT2D eigenvalue weighted by atomic mass is 35.5. The molecule has 0 spiro atoms. The lowest BCUT2D eigenvalue weighted by Crippen LogP contribution is -2.33. The maximum Gasteiger partial charge on any atom is 0.245 e. The van der Waals surface area contributed by atoms with E-state index in [9.17, 15) is 17.6 Å². The number of nitrogens with one attached hydrogen (secondary N) is 2. The molecule has 2 aromatic rings. The average molecular weight is 361 g/mol. The molecule has 1 amide bonds. The third-order valence-electron chi connectivity index (χ3n) is 2.90. The number of hydrogen-bond donors (Lipinski definition) is 2. The SMILES string of the molecule is Cc1nn(C)c(Cl)c1S(=O)(=O)NCC(=O)Nc1cccc(F)c1. The van der Waals surface area contributed by atoms with E-state index in [1.54, 1.807) is 0 Å². The predicted octanol–water partition coefficient (Wildman–Crippen LogP) is 1.44. The van der Waals surface area contributed by atoms with Crippen LogP contribution in [0.1, 0.15) is 5.69 Å². The lowest BCUT2D eigenvalue weighted by atomic mass is 10.3. The van der Waals surface area contributed by atoms with E-state index in [0.29, 0.717) is 0 Å². The monoisotopic (exact) mass is 360 g/mol. The zero-order chi connectivity index (χ0) is 17.2. The van der Waals surface area contributed by atoms with Crippen LogP contribution in [0.5, 0.6) is 0 Å². The van der Waals surface area contributed by atoms with Crippen LogP contribution in [0.2, 0.25) is 5.15 Å². The Morgan fingerprint density at radius 2 is 2.13 bits per heavy atom. The lowest BCUT2D eigenvalue weighted by Gasteiger charge is -2.08. The number of carbonyl (C=O) groups excluding carboxylic acids is 1. The second kappa shape index (κ2) is 6.65. The first-order chi connectivity index (χ1) is 10.7. The van der Waals surface area contributed by atoms with Crippen molar-refractivity contribution in [2.24, 2.45) is 7.05 Å². The molecule has 10 heteroatoms. The van der Waals surface area contributed by atoms with Gasteiger partial charge in [-0.2, -0.15) is 5.10 Å². The third kappa shape index (κ3) is 4.06. The molecule has 0 aliphatic rings. The maximum absolute atomic E-state index is 13.0. The minimum absolute atomic E-state index is 0.0551. The number of nitrogens with zero attached hydrogens (tertiary/aromatic N) is 2. The highest BCUT2D eigenvalue weighted by Crippen LogP contribution is 2.23. The molecule has 0 fully saturated rings. The van der Waals surface area contributed by atoms with Gasteiger partial charge in [-0.15, -0.1) is 0 Å². The summed E-state index contributed by atoms with van der Waals surface area (Å²) in [6, 6.07) is 5.26. The van der Waals surface area contributed by atoms with Crippen LogP contribution < -0.4 is 10.0 Å². The van der Waals surface area contributed by atoms with E-state index in [1.807, 2.05) is 0 Å². The molecule has 23 heavy (non-hydrogen) atoms. The molecule has 7 nitrogen and oxygen atoms in total. The summed E-state index contributed by atoms with van der Waals surface area (Å²) in [4.78, 5) is 11.6. The third-order valence-corrected chi connectivity index (χ3v) is 5.00. The van der Waals surface area contributed by atoms with Gasteiger partial charge in [0, 0.05) is 12.7 Å². The fourth-order valence-electron chi connectivity index (χ4n) is 1.92. The van der Waals surface area contributed by atoms with Crippen LogP contribution in [0.25, 0.3) is 0 Å². The van der Waals surface area contributed by atoms with Crippen molar-refractivity contribution in [3.8, 4) is 0 Å². The number of aryl methyl sites for hydroxylation is 2. The fourth-order valence-corrected chi connectivity index (χ4v) is 3.65. The minimum Gasteiger partial charge on any atom is -0.325 e. The molecule has 0 bridgehead atoms. The Bertz CT molecular complexity index is 851. The number of carbonyl (C=O) groups is 1. The van der Waals surface area contributed by atoms with Crippen LogP contribution in [0.15, 0.2) is 29.2 Å². The summed E-state index contributed by atoms with van der Waals surface area (Å²) >= 11 is 5.90. The van der Waals surface area contributed by atoms with E-state index >= 15 is 0 Å². The number of amides is 1. The Kier molecular flexibility index (Phi) is 5.03. The zero-order valence-corrected chi connectivity index (χ0v) is 13.9. The molecule has 0 saturated heterocycles. The normalized spacial score (nSPS) is 11.5. The summed E-state index contributed by atoms with van der Waals surface area (Å²) < 4.78 is 40.8. The summed E-state index contributed by atoms with van der Waals surface area (Å²) in [6.07, 6.45) is 0. The van der Waals surface area contributed by atoms with Gasteiger partial charge in [0.2, 0.25) is 15.9 Å². The summed E-state index contributed by atoms with van der Waals surface area (Å²) in [5, 5.41) is 6.23. The van der Waals surface area contributed by atoms with Crippen molar-refractivity contribution in [2.75, 3.05) is 11.9 Å². The van der Waals surface area contributed by atoms with E-state index in [2.05, 4.69) is 15.1 Å². The van der Waals surface area contributed by atoms with E-state index < -0.39 is 28.3 Å². The second-order valence-corrected chi connectivity index (χ2v) is 6.77. The van der Waals surface area contributed by atoms with Gasteiger partial charge in [-0.05, 0) is 25.1 Å². The molecule has 0 atom stereocenters. The molecule has 0 aliphatic carbocycles. The van der Waals surface area contributed by atoms with Gasteiger partial charge in [0.15, 0.2) is 0 Å². The Labute approximate surface area is 137 Å². The molecule has 1 heterocycles. The molecule has 0 unspecified atom stereocenters. The first-order valence-corrected chi connectivity index (χ1v) is 8.31. The van der Waals surface area contributed by atoms with Crippen molar-refractivity contribution < 1.29 is 17.6 Å². The van der Waals surface area contributed by atoms with Gasteiger partial charge in [0.05, 0.1) is 12.2 Å². The first kappa shape index (κ1) is 17.4. The topological polar surface area (TPSA) is 93.1 Å². The first-order valence-electron chi connectivity index (χ1n) is 6.45. The zero-order valence-electron chi connectivity index (χ0n) is 12.3. The smallest absolute Gasteiger partial charge is 0.245 e. The molecule has 1 aromatic carbocycles. The summed E-state index contributed by atoms with van der Waals surface area (Å²) in [5.74, 6) is -1.15. The Morgan fingerprint density at radius 3 is 2.70 bits per heavy atom. The van der Waals surface area contributed by atoms with Crippen LogP contribution in [0.3, 0.4) is 0 Å². The molecule has 2 rings (SSSR count). The summed E-state index contributed by atoms with van der Waals surface area (Å²) in [7, 11) is -2.49. The number of rotatable bonds is 5. The minimum atomic E-state index is -4.00. The number of hydrogen-bond acceptors (Lipinski definition) is 4. The molecule has 0 saturated carbocycles. The van der Waals surface area contributed by atoms with Crippen LogP contribution in [0, 0.1) is 12.7 Å². The highest BCUT2D eigenvalue weighted by Gasteiger charge is 2.25. The molecule has 124 valence electrons. The van der Waals surface area contributed by atoms with Gasteiger partial charge in [-0.25, -0.2) is 17.5 Å². The van der Waals surface area contributed by atoms with Crippen molar-refractivity contribution >= 4 is 33.2 Å². The van der Waals surface area contributed by atoms with Gasteiger partial charge in [-0.3, -0.25) is 9.48 Å². The molecule has 1 aromatic heterocycles.